The van der Waals surface area contributed by atoms with E-state index < -0.39 is 5.91 Å². The van der Waals surface area contributed by atoms with Crippen LogP contribution in [0.25, 0.3) is 0 Å². The Labute approximate surface area is 109 Å². The van der Waals surface area contributed by atoms with Crippen molar-refractivity contribution in [2.75, 3.05) is 5.32 Å². The standard InChI is InChI=1S/C12H12N6O/c13-10(19)8-6-15-12(16-7-8)18-11(14)17-9-4-2-1-3-5-9/h1-7H,(H2,13,19)(H3,14,15,16,17,18). The summed E-state index contributed by atoms with van der Waals surface area (Å²) in [5, 5.41) is 2.88. The van der Waals surface area contributed by atoms with Gasteiger partial charge in [0.05, 0.1) is 5.56 Å². The van der Waals surface area contributed by atoms with Crippen LogP contribution in [-0.4, -0.2) is 21.8 Å². The molecule has 0 spiro atoms. The highest BCUT2D eigenvalue weighted by atomic mass is 16.1. The molecule has 1 amide bonds. The summed E-state index contributed by atoms with van der Waals surface area (Å²) in [6.07, 6.45) is 2.59. The highest BCUT2D eigenvalue weighted by Gasteiger charge is 2.02. The first-order valence-electron chi connectivity index (χ1n) is 5.43. The highest BCUT2D eigenvalue weighted by Crippen LogP contribution is 2.06. The van der Waals surface area contributed by atoms with Crippen molar-refractivity contribution in [2.45, 2.75) is 0 Å². The molecular weight excluding hydrogens is 244 g/mol. The number of benzene rings is 1. The van der Waals surface area contributed by atoms with Gasteiger partial charge in [0.1, 0.15) is 0 Å². The Kier molecular flexibility index (Phi) is 3.67. The third-order valence-electron chi connectivity index (χ3n) is 2.19. The molecule has 0 aliphatic heterocycles. The summed E-state index contributed by atoms with van der Waals surface area (Å²) in [5.41, 5.74) is 11.8. The number of aliphatic imine (C=N–C) groups is 1. The normalized spacial score (nSPS) is 11.1. The van der Waals surface area contributed by atoms with E-state index in [1.165, 1.54) is 12.4 Å². The molecular formula is C12H12N6O. The summed E-state index contributed by atoms with van der Waals surface area (Å²) in [4.78, 5) is 22.5. The Balaban J connectivity index is 2.10. The lowest BCUT2D eigenvalue weighted by Gasteiger charge is -2.04. The molecule has 19 heavy (non-hydrogen) atoms. The van der Waals surface area contributed by atoms with Gasteiger partial charge in [-0.15, -0.1) is 0 Å². The van der Waals surface area contributed by atoms with Gasteiger partial charge in [-0.25, -0.2) is 9.97 Å². The van der Waals surface area contributed by atoms with Crippen LogP contribution in [0.4, 0.5) is 11.6 Å². The molecule has 2 rings (SSSR count). The van der Waals surface area contributed by atoms with Crippen molar-refractivity contribution in [3.63, 3.8) is 0 Å². The molecule has 0 unspecified atom stereocenters. The number of carbonyl (C=O) groups is 1. The second-order valence-electron chi connectivity index (χ2n) is 3.62. The van der Waals surface area contributed by atoms with Gasteiger partial charge in [-0.3, -0.25) is 4.79 Å². The zero-order chi connectivity index (χ0) is 13.7. The van der Waals surface area contributed by atoms with Gasteiger partial charge in [0, 0.05) is 18.1 Å². The minimum Gasteiger partial charge on any atom is -0.369 e. The molecule has 0 saturated carbocycles. The minimum atomic E-state index is -0.592. The van der Waals surface area contributed by atoms with Gasteiger partial charge in [-0.1, -0.05) is 18.2 Å². The monoisotopic (exact) mass is 256 g/mol. The molecule has 5 N–H and O–H groups in total. The summed E-state index contributed by atoms with van der Waals surface area (Å²) in [6, 6.07) is 9.32. The second-order valence-corrected chi connectivity index (χ2v) is 3.62. The van der Waals surface area contributed by atoms with Gasteiger partial charge < -0.3 is 16.8 Å². The van der Waals surface area contributed by atoms with Gasteiger partial charge in [0.25, 0.3) is 11.9 Å². The van der Waals surface area contributed by atoms with Crippen LogP contribution in [0.1, 0.15) is 10.4 Å². The molecule has 0 radical (unpaired) electrons. The first-order chi connectivity index (χ1) is 9.15. The molecule has 0 atom stereocenters. The van der Waals surface area contributed by atoms with Gasteiger partial charge in [-0.2, -0.15) is 4.99 Å². The van der Waals surface area contributed by atoms with E-state index in [0.29, 0.717) is 0 Å². The minimum absolute atomic E-state index is 0.144. The molecule has 2 aromatic rings. The van der Waals surface area contributed by atoms with Gasteiger partial charge in [-0.05, 0) is 12.1 Å². The quantitative estimate of drug-likeness (QED) is 0.549. The van der Waals surface area contributed by atoms with Crippen molar-refractivity contribution >= 4 is 23.5 Å². The average Bonchev–Trinajstić information content (AvgIpc) is 2.40. The van der Waals surface area contributed by atoms with Gasteiger partial charge >= 0.3 is 0 Å². The van der Waals surface area contributed by atoms with Crippen molar-refractivity contribution in [2.24, 2.45) is 16.5 Å². The van der Waals surface area contributed by atoms with E-state index in [4.69, 9.17) is 11.5 Å². The fraction of sp³-hybridized carbons (Fsp3) is 0. The molecule has 0 fully saturated rings. The van der Waals surface area contributed by atoms with Crippen molar-refractivity contribution < 1.29 is 4.79 Å². The number of nitrogens with zero attached hydrogens (tertiary/aromatic N) is 3. The average molecular weight is 256 g/mol. The molecule has 0 aliphatic rings. The lowest BCUT2D eigenvalue weighted by atomic mass is 10.3. The zero-order valence-electron chi connectivity index (χ0n) is 9.95. The van der Waals surface area contributed by atoms with Gasteiger partial charge in [0.2, 0.25) is 5.96 Å². The number of anilines is 1. The molecule has 1 aromatic carbocycles. The second kappa shape index (κ2) is 5.58. The molecule has 0 saturated heterocycles. The lowest BCUT2D eigenvalue weighted by molar-refractivity contribution is 0.0999. The van der Waals surface area contributed by atoms with Crippen LogP contribution < -0.4 is 16.8 Å². The number of nitrogens with one attached hydrogen (secondary N) is 1. The largest absolute Gasteiger partial charge is 0.369 e. The topological polar surface area (TPSA) is 119 Å². The number of hydrogen-bond donors (Lipinski definition) is 3. The maximum Gasteiger partial charge on any atom is 0.252 e. The molecule has 7 heteroatoms. The van der Waals surface area contributed by atoms with Crippen molar-refractivity contribution in [3.05, 3.63) is 48.3 Å². The van der Waals surface area contributed by atoms with Crippen LogP contribution in [-0.2, 0) is 0 Å². The SMILES string of the molecule is NC(=O)c1cnc(/N=C(\N)Nc2ccccc2)nc1. The summed E-state index contributed by atoms with van der Waals surface area (Å²) < 4.78 is 0. The van der Waals surface area contributed by atoms with E-state index in [-0.39, 0.29) is 17.5 Å². The summed E-state index contributed by atoms with van der Waals surface area (Å²) in [7, 11) is 0. The molecule has 7 nitrogen and oxygen atoms in total. The number of aromatic nitrogens is 2. The number of rotatable bonds is 3. The van der Waals surface area contributed by atoms with E-state index in [0.717, 1.165) is 5.69 Å². The van der Waals surface area contributed by atoms with Crippen LogP contribution in [0.5, 0.6) is 0 Å². The van der Waals surface area contributed by atoms with Crippen LogP contribution in [0, 0.1) is 0 Å². The Morgan fingerprint density at radius 2 is 1.74 bits per heavy atom. The van der Waals surface area contributed by atoms with Crippen LogP contribution in [0.15, 0.2) is 47.7 Å². The van der Waals surface area contributed by atoms with Crippen molar-refractivity contribution in [1.82, 2.24) is 9.97 Å². The van der Waals surface area contributed by atoms with Gasteiger partial charge in [0.15, 0.2) is 0 Å². The Morgan fingerprint density at radius 1 is 1.11 bits per heavy atom. The molecule has 0 aliphatic carbocycles. The zero-order valence-corrected chi connectivity index (χ0v) is 9.95. The van der Waals surface area contributed by atoms with E-state index in [9.17, 15) is 4.79 Å². The van der Waals surface area contributed by atoms with E-state index in [1.807, 2.05) is 30.3 Å². The number of carbonyl (C=O) groups excluding carboxylic acids is 1. The predicted molar refractivity (Wildman–Crippen MR) is 71.9 cm³/mol. The fourth-order valence-electron chi connectivity index (χ4n) is 1.31. The summed E-state index contributed by atoms with van der Waals surface area (Å²) in [6.45, 7) is 0. The smallest absolute Gasteiger partial charge is 0.252 e. The molecule has 1 heterocycles. The first kappa shape index (κ1) is 12.5. The number of hydrogen-bond acceptors (Lipinski definition) is 4. The van der Waals surface area contributed by atoms with Crippen molar-refractivity contribution in [3.8, 4) is 0 Å². The highest BCUT2D eigenvalue weighted by molar-refractivity contribution is 5.94. The number of nitrogens with two attached hydrogens (primary N) is 2. The Hall–Kier alpha value is -2.96. The molecule has 0 bridgehead atoms. The van der Waals surface area contributed by atoms with Crippen LogP contribution in [0.3, 0.4) is 0 Å². The Morgan fingerprint density at radius 3 is 2.32 bits per heavy atom. The van der Waals surface area contributed by atoms with Crippen LogP contribution >= 0.6 is 0 Å². The number of primary amides is 1. The lowest BCUT2D eigenvalue weighted by Crippen LogP contribution is -2.22. The summed E-state index contributed by atoms with van der Waals surface area (Å²) >= 11 is 0. The summed E-state index contributed by atoms with van der Waals surface area (Å²) in [5.74, 6) is -0.296. The maximum atomic E-state index is 10.8. The van der Waals surface area contributed by atoms with Crippen LogP contribution in [0.2, 0.25) is 0 Å². The molecule has 96 valence electrons. The number of amides is 1. The van der Waals surface area contributed by atoms with E-state index >= 15 is 0 Å². The first-order valence-corrected chi connectivity index (χ1v) is 5.43. The number of para-hydroxylation sites is 1. The van der Waals surface area contributed by atoms with Crippen molar-refractivity contribution in [1.29, 1.82) is 0 Å². The fourth-order valence-corrected chi connectivity index (χ4v) is 1.31. The third kappa shape index (κ3) is 3.50. The van der Waals surface area contributed by atoms with E-state index in [1.54, 1.807) is 0 Å². The Bertz CT molecular complexity index is 593. The predicted octanol–water partition coefficient (Wildman–Crippen LogP) is 0.634. The molecule has 1 aromatic heterocycles. The number of guanidine groups is 1. The third-order valence-corrected chi connectivity index (χ3v) is 2.19. The maximum absolute atomic E-state index is 10.8. The van der Waals surface area contributed by atoms with E-state index in [2.05, 4.69) is 20.3 Å².